The van der Waals surface area contributed by atoms with Gasteiger partial charge in [0.25, 0.3) is 5.97 Å². The molecule has 0 aromatic carbocycles. The van der Waals surface area contributed by atoms with Gasteiger partial charge in [-0.1, -0.05) is 6.92 Å². The predicted molar refractivity (Wildman–Crippen MR) is 35.4 cm³/mol. The maximum atomic E-state index is 10.5. The second-order valence-corrected chi connectivity index (χ2v) is 2.42. The highest BCUT2D eigenvalue weighted by molar-refractivity contribution is 6.28. The summed E-state index contributed by atoms with van der Waals surface area (Å²) in [6.45, 7) is 3.92. The third-order valence-electron chi connectivity index (χ3n) is 0.759. The van der Waals surface area contributed by atoms with Gasteiger partial charge in [0.1, 0.15) is 0 Å². The van der Waals surface area contributed by atoms with Crippen LogP contribution in [0.15, 0.2) is 0 Å². The summed E-state index contributed by atoms with van der Waals surface area (Å²) < 4.78 is 4.78. The topological polar surface area (TPSA) is 26.3 Å². The van der Waals surface area contributed by atoms with Crippen LogP contribution in [0, 0.1) is 0 Å². The summed E-state index contributed by atoms with van der Waals surface area (Å²) in [6, 6.07) is 0. The molecule has 0 saturated heterocycles. The van der Waals surface area contributed by atoms with E-state index >= 15 is 0 Å². The molecular formula is C5H12O2Si. The first-order chi connectivity index (χ1) is 3.81. The molecule has 48 valence electrons. The van der Waals surface area contributed by atoms with E-state index < -0.39 is 9.76 Å². The van der Waals surface area contributed by atoms with E-state index in [2.05, 4.69) is 0 Å². The molecule has 0 rings (SSSR count). The van der Waals surface area contributed by atoms with Gasteiger partial charge in [0.15, 0.2) is 0 Å². The van der Waals surface area contributed by atoms with Crippen LogP contribution >= 0.6 is 0 Å². The van der Waals surface area contributed by atoms with Crippen molar-refractivity contribution in [2.75, 3.05) is 0 Å². The highest BCUT2D eigenvalue weighted by Crippen LogP contribution is 1.88. The molecule has 0 atom stereocenters. The van der Waals surface area contributed by atoms with Crippen molar-refractivity contribution in [2.45, 2.75) is 26.3 Å². The molecular weight excluding hydrogens is 120 g/mol. The lowest BCUT2D eigenvalue weighted by Crippen LogP contribution is -2.04. The SMILES string of the molecule is CCCC(=O)O[SiH2]C. The lowest BCUT2D eigenvalue weighted by molar-refractivity contribution is -0.134. The monoisotopic (exact) mass is 132 g/mol. The van der Waals surface area contributed by atoms with Gasteiger partial charge in [0.2, 0.25) is 9.76 Å². The van der Waals surface area contributed by atoms with Crippen molar-refractivity contribution in [3.8, 4) is 0 Å². The quantitative estimate of drug-likeness (QED) is 0.521. The largest absolute Gasteiger partial charge is 0.525 e. The third kappa shape index (κ3) is 3.86. The number of hydrogen-bond acceptors (Lipinski definition) is 2. The van der Waals surface area contributed by atoms with Gasteiger partial charge in [-0.05, 0) is 13.0 Å². The first-order valence-electron chi connectivity index (χ1n) is 2.96. The van der Waals surface area contributed by atoms with Gasteiger partial charge in [0.05, 0.1) is 0 Å². The third-order valence-corrected chi connectivity index (χ3v) is 1.37. The molecule has 8 heavy (non-hydrogen) atoms. The molecule has 0 aliphatic carbocycles. The molecule has 0 aromatic heterocycles. The molecule has 3 heteroatoms. The van der Waals surface area contributed by atoms with Gasteiger partial charge in [-0.3, -0.25) is 4.79 Å². The molecule has 0 radical (unpaired) electrons. The lowest BCUT2D eigenvalue weighted by atomic mass is 10.4. The van der Waals surface area contributed by atoms with Gasteiger partial charge >= 0.3 is 0 Å². The van der Waals surface area contributed by atoms with Gasteiger partial charge in [0, 0.05) is 6.42 Å². The molecule has 0 bridgehead atoms. The van der Waals surface area contributed by atoms with E-state index in [0.717, 1.165) is 6.42 Å². The summed E-state index contributed by atoms with van der Waals surface area (Å²) in [7, 11) is -0.503. The predicted octanol–water partition coefficient (Wildman–Crippen LogP) is 0.462. The molecule has 0 aliphatic rings. The number of carbonyl (C=O) groups excluding carboxylic acids is 1. The Morgan fingerprint density at radius 3 is 2.75 bits per heavy atom. The molecule has 0 spiro atoms. The molecule has 0 aliphatic heterocycles. The van der Waals surface area contributed by atoms with Crippen LogP contribution in [0.3, 0.4) is 0 Å². The van der Waals surface area contributed by atoms with Gasteiger partial charge in [-0.2, -0.15) is 0 Å². The van der Waals surface area contributed by atoms with Crippen LogP contribution in [0.5, 0.6) is 0 Å². The molecule has 0 amide bonds. The molecule has 0 unspecified atom stereocenters. The van der Waals surface area contributed by atoms with E-state index in [1.807, 2.05) is 13.5 Å². The van der Waals surface area contributed by atoms with Crippen molar-refractivity contribution in [3.63, 3.8) is 0 Å². The second kappa shape index (κ2) is 4.84. The number of hydrogen-bond donors (Lipinski definition) is 0. The molecule has 0 aromatic rings. The number of carbonyl (C=O) groups is 1. The van der Waals surface area contributed by atoms with Gasteiger partial charge < -0.3 is 4.43 Å². The second-order valence-electron chi connectivity index (χ2n) is 1.56. The normalized spacial score (nSPS) is 10.2. The average Bonchev–Trinajstić information content (AvgIpc) is 1.68. The Balaban J connectivity index is 3.06. The minimum Gasteiger partial charge on any atom is -0.525 e. The maximum absolute atomic E-state index is 10.5. The fourth-order valence-corrected chi connectivity index (χ4v) is 0.904. The van der Waals surface area contributed by atoms with Crippen LogP contribution < -0.4 is 0 Å². The number of rotatable bonds is 3. The average molecular weight is 132 g/mol. The molecule has 0 heterocycles. The van der Waals surface area contributed by atoms with Crippen molar-refractivity contribution in [1.82, 2.24) is 0 Å². The van der Waals surface area contributed by atoms with Gasteiger partial charge in [-0.15, -0.1) is 0 Å². The Kier molecular flexibility index (Phi) is 4.65. The smallest absolute Gasteiger partial charge is 0.292 e. The fraction of sp³-hybridized carbons (Fsp3) is 0.800. The van der Waals surface area contributed by atoms with E-state index in [-0.39, 0.29) is 5.97 Å². The lowest BCUT2D eigenvalue weighted by Gasteiger charge is -1.96. The van der Waals surface area contributed by atoms with Crippen LogP contribution in [0.25, 0.3) is 0 Å². The molecule has 0 fully saturated rings. The Morgan fingerprint density at radius 1 is 1.75 bits per heavy atom. The van der Waals surface area contributed by atoms with Crippen molar-refractivity contribution >= 4 is 15.7 Å². The summed E-state index contributed by atoms with van der Waals surface area (Å²) >= 11 is 0. The van der Waals surface area contributed by atoms with Crippen LogP contribution in [-0.2, 0) is 9.22 Å². The van der Waals surface area contributed by atoms with E-state index in [1.54, 1.807) is 0 Å². The highest BCUT2D eigenvalue weighted by Gasteiger charge is 1.95. The Morgan fingerprint density at radius 2 is 2.38 bits per heavy atom. The summed E-state index contributed by atoms with van der Waals surface area (Å²) in [5.74, 6) is -0.0262. The Hall–Kier alpha value is -0.313. The van der Waals surface area contributed by atoms with Gasteiger partial charge in [-0.25, -0.2) is 0 Å². The summed E-state index contributed by atoms with van der Waals surface area (Å²) in [4.78, 5) is 10.5. The van der Waals surface area contributed by atoms with Crippen LogP contribution in [-0.4, -0.2) is 15.7 Å². The summed E-state index contributed by atoms with van der Waals surface area (Å²) in [5.41, 5.74) is 0. The van der Waals surface area contributed by atoms with E-state index in [0.29, 0.717) is 6.42 Å². The minimum absolute atomic E-state index is 0.0262. The summed E-state index contributed by atoms with van der Waals surface area (Å²) in [5, 5.41) is 0. The van der Waals surface area contributed by atoms with Crippen molar-refractivity contribution in [1.29, 1.82) is 0 Å². The zero-order chi connectivity index (χ0) is 6.41. The van der Waals surface area contributed by atoms with Crippen LogP contribution in [0.1, 0.15) is 19.8 Å². The Labute approximate surface area is 52.2 Å². The van der Waals surface area contributed by atoms with E-state index in [4.69, 9.17) is 4.43 Å². The zero-order valence-electron chi connectivity index (χ0n) is 5.44. The molecule has 2 nitrogen and oxygen atoms in total. The molecule has 0 N–H and O–H groups in total. The molecule has 0 saturated carbocycles. The van der Waals surface area contributed by atoms with Crippen molar-refractivity contribution < 1.29 is 9.22 Å². The standard InChI is InChI=1S/C5H12O2Si/c1-3-4-5(6)7-8-2/h3-4,8H2,1-2H3. The summed E-state index contributed by atoms with van der Waals surface area (Å²) in [6.07, 6.45) is 1.48. The van der Waals surface area contributed by atoms with Crippen LogP contribution in [0.2, 0.25) is 6.55 Å². The maximum Gasteiger partial charge on any atom is 0.292 e. The highest BCUT2D eigenvalue weighted by atomic mass is 28.2. The van der Waals surface area contributed by atoms with Crippen molar-refractivity contribution in [3.05, 3.63) is 0 Å². The Bertz CT molecular complexity index is 64.8. The van der Waals surface area contributed by atoms with Crippen molar-refractivity contribution in [2.24, 2.45) is 0 Å². The zero-order valence-corrected chi connectivity index (χ0v) is 6.85. The van der Waals surface area contributed by atoms with E-state index in [1.165, 1.54) is 0 Å². The first-order valence-corrected chi connectivity index (χ1v) is 4.96. The minimum atomic E-state index is -0.503. The fourth-order valence-electron chi connectivity index (χ4n) is 0.437. The first kappa shape index (κ1) is 7.69. The van der Waals surface area contributed by atoms with E-state index in [9.17, 15) is 4.79 Å². The van der Waals surface area contributed by atoms with Crippen LogP contribution in [0.4, 0.5) is 0 Å².